The van der Waals surface area contributed by atoms with E-state index in [-0.39, 0.29) is 47.1 Å². The fourth-order valence-electron chi connectivity index (χ4n) is 5.66. The van der Waals surface area contributed by atoms with Crippen LogP contribution in [0.2, 0.25) is 5.15 Å². The number of aryl methyl sites for hydroxylation is 2. The minimum Gasteiger partial charge on any atom is -0.483 e. The van der Waals surface area contributed by atoms with Gasteiger partial charge < -0.3 is 36.8 Å². The quantitative estimate of drug-likeness (QED) is 0.0990. The van der Waals surface area contributed by atoms with Gasteiger partial charge >= 0.3 is 0 Å². The van der Waals surface area contributed by atoms with Crippen molar-refractivity contribution in [2.24, 2.45) is 0 Å². The minimum absolute atomic E-state index is 0.00935. The van der Waals surface area contributed by atoms with Crippen LogP contribution in [0.1, 0.15) is 86.0 Å². The first kappa shape index (κ1) is 40.6. The van der Waals surface area contributed by atoms with Gasteiger partial charge in [0.25, 0.3) is 30.6 Å². The van der Waals surface area contributed by atoms with E-state index in [1.165, 1.54) is 38.9 Å². The average Bonchev–Trinajstić information content (AvgIpc) is 3.38. The van der Waals surface area contributed by atoms with Gasteiger partial charge in [-0.15, -0.1) is 0 Å². The third-order valence-electron chi connectivity index (χ3n) is 8.02. The number of piperidine rings is 1. The number of carbonyl (C=O) groups is 4. The molecule has 270 valence electrons. The number of ether oxygens (including phenoxy) is 1. The Kier molecular flexibility index (Phi) is 17.2. The van der Waals surface area contributed by atoms with Gasteiger partial charge in [-0.25, -0.2) is 23.5 Å². The molecule has 1 saturated heterocycles. The molecular formula is C32H48ClFN9O6+. The van der Waals surface area contributed by atoms with Gasteiger partial charge in [-0.05, 0) is 39.7 Å². The first-order valence-corrected chi connectivity index (χ1v) is 16.6. The summed E-state index contributed by atoms with van der Waals surface area (Å²) in [6, 6.07) is 3.02. The van der Waals surface area contributed by atoms with E-state index < -0.39 is 17.6 Å². The van der Waals surface area contributed by atoms with E-state index in [9.17, 15) is 9.59 Å². The maximum absolute atomic E-state index is 15.4. The molecule has 1 aromatic carbocycles. The van der Waals surface area contributed by atoms with Crippen molar-refractivity contribution in [3.8, 4) is 0 Å². The molecule has 0 unspecified atom stereocenters. The number of methoxy groups -OCH3 is 1. The largest absolute Gasteiger partial charge is 0.483 e. The molecule has 0 radical (unpaired) electrons. The number of carbonyl (C=O) groups excluding carboxylic acids is 3. The van der Waals surface area contributed by atoms with Crippen LogP contribution >= 0.6 is 11.6 Å². The predicted molar refractivity (Wildman–Crippen MR) is 183 cm³/mol. The van der Waals surface area contributed by atoms with Crippen molar-refractivity contribution in [2.75, 3.05) is 38.2 Å². The van der Waals surface area contributed by atoms with Crippen LogP contribution in [0.3, 0.4) is 0 Å². The van der Waals surface area contributed by atoms with Crippen molar-refractivity contribution >= 4 is 59.0 Å². The van der Waals surface area contributed by atoms with Crippen LogP contribution in [0.4, 0.5) is 16.0 Å². The molecule has 1 aliphatic rings. The molecule has 3 aromatic rings. The summed E-state index contributed by atoms with van der Waals surface area (Å²) in [4.78, 5) is 53.7. The Hall–Kier alpha value is -4.57. The summed E-state index contributed by atoms with van der Waals surface area (Å²) in [5.41, 5.74) is 12.7. The van der Waals surface area contributed by atoms with Crippen molar-refractivity contribution in [3.05, 3.63) is 40.2 Å². The molecule has 2 amide bonds. The lowest BCUT2D eigenvalue weighted by Crippen LogP contribution is -2.45. The molecule has 0 bridgehead atoms. The molecule has 0 atom stereocenters. The Labute approximate surface area is 290 Å². The molecule has 17 heteroatoms. The molecule has 1 aliphatic heterocycles. The van der Waals surface area contributed by atoms with Crippen molar-refractivity contribution < 1.29 is 38.0 Å². The Morgan fingerprint density at radius 1 is 1.10 bits per heavy atom. The maximum Gasteiger partial charge on any atom is 0.292 e. The molecule has 0 aliphatic carbocycles. The number of benzene rings is 1. The number of amides is 2. The zero-order valence-electron chi connectivity index (χ0n) is 28.5. The Balaban J connectivity index is 0.00000109. The Morgan fingerprint density at radius 3 is 2.33 bits per heavy atom. The number of nitrogens with one attached hydrogen (secondary N) is 2. The second kappa shape index (κ2) is 20.7. The third kappa shape index (κ3) is 11.2. The van der Waals surface area contributed by atoms with Gasteiger partial charge in [-0.3, -0.25) is 19.2 Å². The molecule has 1 fully saturated rings. The van der Waals surface area contributed by atoms with Gasteiger partial charge in [0.2, 0.25) is 0 Å². The van der Waals surface area contributed by atoms with E-state index in [0.717, 1.165) is 38.3 Å². The zero-order chi connectivity index (χ0) is 36.5. The van der Waals surface area contributed by atoms with Gasteiger partial charge in [0, 0.05) is 31.3 Å². The number of hydrogen-bond donors (Lipinski definition) is 5. The van der Waals surface area contributed by atoms with Crippen LogP contribution in [0, 0.1) is 5.82 Å². The summed E-state index contributed by atoms with van der Waals surface area (Å²) < 4.78 is 23.1. The van der Waals surface area contributed by atoms with E-state index in [2.05, 4.69) is 37.2 Å². The summed E-state index contributed by atoms with van der Waals surface area (Å²) in [5.74, 6) is -1.05. The Bertz CT molecular complexity index is 1560. The number of halogens is 2. The number of carboxylic acid groups (broad SMARTS) is 1. The third-order valence-corrected chi connectivity index (χ3v) is 8.30. The number of hydrogen-bond acceptors (Lipinski definition) is 10. The Morgan fingerprint density at radius 2 is 1.76 bits per heavy atom. The summed E-state index contributed by atoms with van der Waals surface area (Å²) in [5, 5.41) is 12.6. The summed E-state index contributed by atoms with van der Waals surface area (Å²) in [6.45, 7) is 10.3. The number of aromatic nitrogens is 4. The van der Waals surface area contributed by atoms with Gasteiger partial charge in [0.15, 0.2) is 33.5 Å². The first-order valence-electron chi connectivity index (χ1n) is 16.2. The molecule has 3 heterocycles. The predicted octanol–water partition coefficient (Wildman–Crippen LogP) is 2.91. The number of rotatable bonds is 13. The lowest BCUT2D eigenvalue weighted by molar-refractivity contribution is -0.676. The van der Waals surface area contributed by atoms with Crippen LogP contribution in [0.15, 0.2) is 12.1 Å². The van der Waals surface area contributed by atoms with Crippen molar-refractivity contribution in [1.82, 2.24) is 30.1 Å². The van der Waals surface area contributed by atoms with Crippen LogP contribution in [-0.4, -0.2) is 82.1 Å². The molecule has 2 aromatic heterocycles. The second-order valence-electron chi connectivity index (χ2n) is 11.1. The number of anilines is 2. The number of nitrogen functional groups attached to an aromatic ring is 2. The highest BCUT2D eigenvalue weighted by Crippen LogP contribution is 2.22. The van der Waals surface area contributed by atoms with Crippen LogP contribution in [-0.2, 0) is 34.0 Å². The van der Waals surface area contributed by atoms with Crippen molar-refractivity contribution in [2.45, 2.75) is 85.0 Å². The lowest BCUT2D eigenvalue weighted by atomic mass is 10.0. The van der Waals surface area contributed by atoms with E-state index >= 15 is 4.39 Å². The molecule has 7 N–H and O–H groups in total. The van der Waals surface area contributed by atoms with Gasteiger partial charge in [-0.1, -0.05) is 37.8 Å². The van der Waals surface area contributed by atoms with E-state index in [4.69, 9.17) is 37.8 Å². The monoisotopic (exact) mass is 708 g/mol. The van der Waals surface area contributed by atoms with Crippen LogP contribution in [0.25, 0.3) is 11.0 Å². The van der Waals surface area contributed by atoms with E-state index in [0.29, 0.717) is 30.6 Å². The molecule has 0 spiro atoms. The fraction of sp³-hybridized carbons (Fsp3) is 0.531. The highest BCUT2D eigenvalue weighted by Gasteiger charge is 2.29. The number of likely N-dealkylation sites (tertiary alicyclic amines) is 1. The topological polar surface area (TPSA) is 212 Å². The fourth-order valence-corrected chi connectivity index (χ4v) is 5.78. The molecule has 4 rings (SSSR count). The zero-order valence-corrected chi connectivity index (χ0v) is 29.3. The van der Waals surface area contributed by atoms with E-state index in [1.54, 1.807) is 6.07 Å². The molecule has 0 saturated carbocycles. The minimum atomic E-state index is -0.584. The van der Waals surface area contributed by atoms with Crippen molar-refractivity contribution in [3.63, 3.8) is 0 Å². The number of nitrogens with two attached hydrogens (primary N) is 2. The van der Waals surface area contributed by atoms with E-state index in [1.807, 2.05) is 23.0 Å². The number of fused-ring (bicyclic) bond motifs is 1. The first-order chi connectivity index (χ1) is 23.5. The maximum atomic E-state index is 15.4. The second-order valence-corrected chi connectivity index (χ2v) is 11.5. The van der Waals surface area contributed by atoms with Crippen LogP contribution in [0.5, 0.6) is 0 Å². The van der Waals surface area contributed by atoms with Gasteiger partial charge in [-0.2, -0.15) is 0 Å². The van der Waals surface area contributed by atoms with Gasteiger partial charge in [0.05, 0.1) is 25.8 Å². The SMILES string of the molecule is CCCCCCN1CCC(NC(=O)c2cc3c(cc2F)n(CC)c(CNC(=O)c2nc(Cl)c(N)nc2N)[n+]3CC)CC1.COC=O.O=CO. The average molecular weight is 709 g/mol. The standard InChI is InChI=1S/C29H41ClFN9O2.C2H4O2.CH2O2/c1-4-7-8-9-12-38-13-10-18(11-14-38)35-28(41)19-15-21-22(16-20(19)31)40(6-3)23(39(21)5-2)17-34-29(42)24-26(32)37-27(33)25(30)36-24;1-4-2-3;2-1-3/h15-16,18H,4-14,17H2,1-3H3,(H5-,32,33,34,35,37,41,42);2H,1H3;1H,(H,2,3)/p+1. The highest BCUT2D eigenvalue weighted by molar-refractivity contribution is 6.31. The van der Waals surface area contributed by atoms with Crippen molar-refractivity contribution in [1.29, 1.82) is 0 Å². The lowest BCUT2D eigenvalue weighted by Gasteiger charge is -2.32. The molecule has 15 nitrogen and oxygen atoms in total. The molecule has 49 heavy (non-hydrogen) atoms. The smallest absolute Gasteiger partial charge is 0.292 e. The number of unbranched alkanes of at least 4 members (excludes halogenated alkanes) is 3. The summed E-state index contributed by atoms with van der Waals surface area (Å²) in [7, 11) is 1.31. The normalized spacial score (nSPS) is 13.0. The summed E-state index contributed by atoms with van der Waals surface area (Å²) >= 11 is 5.93. The summed E-state index contributed by atoms with van der Waals surface area (Å²) in [6.07, 6.45) is 6.64. The highest BCUT2D eigenvalue weighted by atomic mass is 35.5. The van der Waals surface area contributed by atoms with Gasteiger partial charge in [0.1, 0.15) is 12.4 Å². The molecular weight excluding hydrogens is 661 g/mol. The number of imidazole rings is 1. The van der Waals surface area contributed by atoms with Crippen LogP contribution < -0.4 is 26.7 Å². The number of nitrogens with zero attached hydrogens (tertiary/aromatic N) is 5.